The van der Waals surface area contributed by atoms with Crippen LogP contribution in [0.5, 0.6) is 0 Å². The number of furan rings is 1. The maximum absolute atomic E-state index is 13.4. The number of hydrogen-bond acceptors (Lipinski definition) is 4. The third kappa shape index (κ3) is 3.28. The number of benzene rings is 3. The second kappa shape index (κ2) is 7.29. The van der Waals surface area contributed by atoms with Crippen LogP contribution in [0.2, 0.25) is 0 Å². The fourth-order valence-corrected chi connectivity index (χ4v) is 3.23. The van der Waals surface area contributed by atoms with Crippen LogP contribution in [-0.4, -0.2) is 13.1 Å². The Hall–Kier alpha value is -3.44. The Labute approximate surface area is 161 Å². The monoisotopic (exact) mass is 375 g/mol. The van der Waals surface area contributed by atoms with Crippen molar-refractivity contribution in [3.8, 4) is 22.3 Å². The van der Waals surface area contributed by atoms with Crippen molar-refractivity contribution in [2.24, 2.45) is 5.73 Å². The Morgan fingerprint density at radius 1 is 0.964 bits per heavy atom. The lowest BCUT2D eigenvalue weighted by atomic mass is 9.96. The molecule has 4 aromatic rings. The summed E-state index contributed by atoms with van der Waals surface area (Å²) in [5, 5.41) is 0.911. The highest BCUT2D eigenvalue weighted by atomic mass is 19.1. The van der Waals surface area contributed by atoms with Gasteiger partial charge < -0.3 is 14.9 Å². The summed E-state index contributed by atoms with van der Waals surface area (Å²) < 4.78 is 24.0. The van der Waals surface area contributed by atoms with Crippen LogP contribution in [0.3, 0.4) is 0 Å². The minimum absolute atomic E-state index is 0.292. The highest BCUT2D eigenvalue weighted by molar-refractivity contribution is 5.97. The molecule has 0 aliphatic rings. The lowest BCUT2D eigenvalue weighted by Crippen LogP contribution is -2.00. The molecule has 5 heteroatoms. The second-order valence-electron chi connectivity index (χ2n) is 6.43. The summed E-state index contributed by atoms with van der Waals surface area (Å²) in [4.78, 5) is 11.7. The molecule has 0 spiro atoms. The average Bonchev–Trinajstić information content (AvgIpc) is 3.16. The molecule has 4 nitrogen and oxygen atoms in total. The highest BCUT2D eigenvalue weighted by Gasteiger charge is 2.14. The smallest absolute Gasteiger partial charge is 0.337 e. The Morgan fingerprint density at radius 2 is 1.64 bits per heavy atom. The molecule has 3 aromatic carbocycles. The van der Waals surface area contributed by atoms with E-state index < -0.39 is 0 Å². The van der Waals surface area contributed by atoms with Crippen LogP contribution >= 0.6 is 0 Å². The van der Waals surface area contributed by atoms with Gasteiger partial charge in [0, 0.05) is 10.9 Å². The normalized spacial score (nSPS) is 11.0. The lowest BCUT2D eigenvalue weighted by molar-refractivity contribution is 0.0601. The molecule has 140 valence electrons. The zero-order chi connectivity index (χ0) is 19.7. The van der Waals surface area contributed by atoms with Crippen molar-refractivity contribution in [3.05, 3.63) is 83.9 Å². The van der Waals surface area contributed by atoms with E-state index in [-0.39, 0.29) is 11.8 Å². The number of rotatable bonds is 4. The zero-order valence-electron chi connectivity index (χ0n) is 15.2. The quantitative estimate of drug-likeness (QED) is 0.501. The molecule has 1 heterocycles. The first-order valence-electron chi connectivity index (χ1n) is 8.80. The molecule has 0 aliphatic heterocycles. The van der Waals surface area contributed by atoms with Crippen LogP contribution in [0, 0.1) is 5.82 Å². The molecule has 0 saturated heterocycles. The van der Waals surface area contributed by atoms with Crippen molar-refractivity contribution < 1.29 is 18.3 Å². The van der Waals surface area contributed by atoms with E-state index in [1.807, 2.05) is 30.3 Å². The number of carbonyl (C=O) groups excluding carboxylic acids is 1. The average molecular weight is 375 g/mol. The third-order valence-corrected chi connectivity index (χ3v) is 4.66. The number of halogens is 1. The molecule has 0 unspecified atom stereocenters. The Kier molecular flexibility index (Phi) is 4.67. The zero-order valence-corrected chi connectivity index (χ0v) is 15.2. The third-order valence-electron chi connectivity index (χ3n) is 4.66. The van der Waals surface area contributed by atoms with E-state index in [0.717, 1.165) is 27.6 Å². The van der Waals surface area contributed by atoms with Crippen LogP contribution in [0.25, 0.3) is 33.2 Å². The van der Waals surface area contributed by atoms with Crippen molar-refractivity contribution in [1.29, 1.82) is 0 Å². The summed E-state index contributed by atoms with van der Waals surface area (Å²) in [5.41, 5.74) is 10.5. The maximum Gasteiger partial charge on any atom is 0.337 e. The van der Waals surface area contributed by atoms with E-state index >= 15 is 0 Å². The molecule has 0 saturated carbocycles. The van der Waals surface area contributed by atoms with Gasteiger partial charge in [0.25, 0.3) is 0 Å². The Morgan fingerprint density at radius 3 is 2.29 bits per heavy atom. The van der Waals surface area contributed by atoms with E-state index in [2.05, 4.69) is 0 Å². The van der Waals surface area contributed by atoms with Crippen molar-refractivity contribution in [1.82, 2.24) is 0 Å². The molecule has 28 heavy (non-hydrogen) atoms. The first-order chi connectivity index (χ1) is 13.6. The number of methoxy groups -OCH3 is 1. The fraction of sp³-hybridized carbons (Fsp3) is 0.0870. The van der Waals surface area contributed by atoms with Crippen LogP contribution in [0.15, 0.2) is 71.1 Å². The van der Waals surface area contributed by atoms with Crippen molar-refractivity contribution in [3.63, 3.8) is 0 Å². The topological polar surface area (TPSA) is 65.5 Å². The first-order valence-corrected chi connectivity index (χ1v) is 8.80. The number of nitrogens with two attached hydrogens (primary N) is 1. The van der Waals surface area contributed by atoms with Crippen LogP contribution in [0.1, 0.15) is 16.1 Å². The van der Waals surface area contributed by atoms with E-state index in [1.165, 1.54) is 19.2 Å². The summed E-state index contributed by atoms with van der Waals surface area (Å²) in [5.74, 6) is 0.00427. The highest BCUT2D eigenvalue weighted by Crippen LogP contribution is 2.36. The first kappa shape index (κ1) is 17.9. The summed E-state index contributed by atoms with van der Waals surface area (Å²) in [6.07, 6.45) is 0. The van der Waals surface area contributed by atoms with Gasteiger partial charge in [-0.05, 0) is 59.2 Å². The van der Waals surface area contributed by atoms with Gasteiger partial charge in [-0.1, -0.05) is 24.3 Å². The van der Waals surface area contributed by atoms with Gasteiger partial charge in [0.15, 0.2) is 0 Å². The number of esters is 1. The standard InChI is InChI=1S/C23H18FNO3/c1-27-23(26)16-4-2-14(3-5-16)17-10-18-11-20(13-25)28-22(18)21(12-17)15-6-8-19(24)9-7-15/h2-12H,13,25H2,1H3. The van der Waals surface area contributed by atoms with Crippen LogP contribution in [-0.2, 0) is 11.3 Å². The molecule has 0 atom stereocenters. The van der Waals surface area contributed by atoms with Gasteiger partial charge in [-0.15, -0.1) is 0 Å². The van der Waals surface area contributed by atoms with E-state index in [0.29, 0.717) is 23.5 Å². The summed E-state index contributed by atoms with van der Waals surface area (Å²) in [6, 6.07) is 19.4. The number of carbonyl (C=O) groups is 1. The van der Waals surface area contributed by atoms with E-state index in [4.69, 9.17) is 14.9 Å². The van der Waals surface area contributed by atoms with Gasteiger partial charge in [-0.2, -0.15) is 0 Å². The molecule has 0 fully saturated rings. The van der Waals surface area contributed by atoms with Crippen molar-refractivity contribution in [2.45, 2.75) is 6.54 Å². The summed E-state index contributed by atoms with van der Waals surface area (Å²) in [7, 11) is 1.35. The lowest BCUT2D eigenvalue weighted by Gasteiger charge is -2.09. The van der Waals surface area contributed by atoms with Gasteiger partial charge in [0.05, 0.1) is 19.2 Å². The van der Waals surface area contributed by atoms with E-state index in [9.17, 15) is 9.18 Å². The largest absolute Gasteiger partial charge is 0.465 e. The van der Waals surface area contributed by atoms with Gasteiger partial charge in [-0.25, -0.2) is 9.18 Å². The maximum atomic E-state index is 13.4. The molecule has 0 aliphatic carbocycles. The van der Waals surface area contributed by atoms with Gasteiger partial charge >= 0.3 is 5.97 Å². The predicted octanol–water partition coefficient (Wildman–Crippen LogP) is 5.15. The Balaban J connectivity index is 1.87. The molecule has 1 aromatic heterocycles. The number of hydrogen-bond donors (Lipinski definition) is 1. The molecular weight excluding hydrogens is 357 g/mol. The molecule has 0 bridgehead atoms. The minimum atomic E-state index is -0.378. The van der Waals surface area contributed by atoms with E-state index in [1.54, 1.807) is 24.3 Å². The second-order valence-corrected chi connectivity index (χ2v) is 6.43. The fourth-order valence-electron chi connectivity index (χ4n) is 3.23. The summed E-state index contributed by atoms with van der Waals surface area (Å²) in [6.45, 7) is 0.292. The predicted molar refractivity (Wildman–Crippen MR) is 106 cm³/mol. The number of ether oxygens (including phenoxy) is 1. The van der Waals surface area contributed by atoms with Crippen LogP contribution < -0.4 is 5.73 Å². The van der Waals surface area contributed by atoms with Crippen molar-refractivity contribution in [2.75, 3.05) is 7.11 Å². The SMILES string of the molecule is COC(=O)c1ccc(-c2cc(-c3ccc(F)cc3)c3oc(CN)cc3c2)cc1. The summed E-state index contributed by atoms with van der Waals surface area (Å²) >= 11 is 0. The minimum Gasteiger partial charge on any atom is -0.465 e. The molecule has 0 radical (unpaired) electrons. The molecular formula is C23H18FNO3. The van der Waals surface area contributed by atoms with Crippen LogP contribution in [0.4, 0.5) is 4.39 Å². The molecule has 2 N–H and O–H groups in total. The van der Waals surface area contributed by atoms with Gasteiger partial charge in [0.1, 0.15) is 17.2 Å². The number of fused-ring (bicyclic) bond motifs is 1. The van der Waals surface area contributed by atoms with Crippen molar-refractivity contribution >= 4 is 16.9 Å². The Bertz CT molecular complexity index is 1150. The molecule has 0 amide bonds. The van der Waals surface area contributed by atoms with Gasteiger partial charge in [-0.3, -0.25) is 0 Å². The molecule has 4 rings (SSSR count). The van der Waals surface area contributed by atoms with Gasteiger partial charge in [0.2, 0.25) is 0 Å².